The van der Waals surface area contributed by atoms with Gasteiger partial charge in [-0.15, -0.1) is 0 Å². The molecule has 0 rings (SSSR count). The van der Waals surface area contributed by atoms with E-state index in [0.29, 0.717) is 5.92 Å². The van der Waals surface area contributed by atoms with Gasteiger partial charge in [0.2, 0.25) is 0 Å². The molecule has 0 amide bonds. The Hall–Kier alpha value is -0.246. The Morgan fingerprint density at radius 1 is 1.67 bits per heavy atom. The molecule has 0 aromatic carbocycles. The third kappa shape index (κ3) is 4.27. The normalized spacial score (nSPS) is 7.78. The van der Waals surface area contributed by atoms with Gasteiger partial charge in [0.1, 0.15) is 0 Å². The summed E-state index contributed by atoms with van der Waals surface area (Å²) < 4.78 is 1.16. The summed E-state index contributed by atoms with van der Waals surface area (Å²) in [6, 6.07) is 0. The van der Waals surface area contributed by atoms with Crippen LogP contribution in [0.3, 0.4) is 0 Å². The molecule has 0 aliphatic heterocycles. The van der Waals surface area contributed by atoms with Crippen molar-refractivity contribution in [1.82, 2.24) is 0 Å². The first-order valence-corrected chi connectivity index (χ1v) is 3.56. The van der Waals surface area contributed by atoms with Gasteiger partial charge in [0.25, 0.3) is 0 Å². The van der Waals surface area contributed by atoms with Gasteiger partial charge in [-0.25, -0.2) is 0 Å². The van der Waals surface area contributed by atoms with Gasteiger partial charge in [0, 0.05) is 0 Å². The van der Waals surface area contributed by atoms with Crippen LogP contribution in [-0.2, 0) is 17.0 Å². The predicted octanol–water partition coefficient (Wildman–Crippen LogP) is 1.55. The molecule has 0 saturated heterocycles. The van der Waals surface area contributed by atoms with Crippen LogP contribution in [0.2, 0.25) is 0 Å². The molecule has 0 fully saturated rings. The monoisotopic (exact) mass is 157 g/mol. The van der Waals surface area contributed by atoms with Gasteiger partial charge < -0.3 is 0 Å². The Kier molecular flexibility index (Phi) is 4.49. The van der Waals surface area contributed by atoms with Crippen molar-refractivity contribution in [1.29, 1.82) is 0 Å². The molecule has 0 spiro atoms. The van der Waals surface area contributed by atoms with E-state index in [-0.39, 0.29) is 0 Å². The number of hydrogen-bond acceptors (Lipinski definition) is 0. The zero-order valence-corrected chi connectivity index (χ0v) is 7.21. The molecule has 9 heavy (non-hydrogen) atoms. The molecule has 47 valence electrons. The summed E-state index contributed by atoms with van der Waals surface area (Å²) in [4.78, 5) is 0. The molecule has 0 radical (unpaired) electrons. The van der Waals surface area contributed by atoms with Gasteiger partial charge in [-0.2, -0.15) is 0 Å². The molecule has 0 atom stereocenters. The average molecular weight is 157 g/mol. The van der Waals surface area contributed by atoms with Gasteiger partial charge in [0.05, 0.1) is 0 Å². The van der Waals surface area contributed by atoms with Crippen LogP contribution in [0.25, 0.3) is 0 Å². The van der Waals surface area contributed by atoms with Crippen LogP contribution in [0.4, 0.5) is 0 Å². The Labute approximate surface area is 65.8 Å². The fourth-order valence-electron chi connectivity index (χ4n) is 0.269. The van der Waals surface area contributed by atoms with Crippen LogP contribution in [0.1, 0.15) is 13.8 Å². The quantitative estimate of drug-likeness (QED) is 0.506. The summed E-state index contributed by atoms with van der Waals surface area (Å²) in [5, 5.41) is 0. The van der Waals surface area contributed by atoms with Crippen molar-refractivity contribution in [2.45, 2.75) is 13.8 Å². The fourth-order valence-corrected chi connectivity index (χ4v) is 0.370. The van der Waals surface area contributed by atoms with E-state index in [1.165, 1.54) is 0 Å². The second-order valence-corrected chi connectivity index (χ2v) is 2.77. The number of hydrogen-bond donors (Lipinski definition) is 0. The van der Waals surface area contributed by atoms with Crippen molar-refractivity contribution >= 4 is 4.23 Å². The second kappa shape index (κ2) is 4.62. The van der Waals surface area contributed by atoms with Crippen molar-refractivity contribution in [3.8, 4) is 11.8 Å². The van der Waals surface area contributed by atoms with Crippen LogP contribution in [0, 0.1) is 17.8 Å². The number of rotatable bonds is 1. The molecule has 0 bridgehead atoms. The van der Waals surface area contributed by atoms with E-state index in [1.54, 1.807) is 6.08 Å². The molecule has 1 heteroatoms. The Morgan fingerprint density at radius 2 is 2.22 bits per heavy atom. The Morgan fingerprint density at radius 3 is 2.56 bits per heavy atom. The van der Waals surface area contributed by atoms with Crippen molar-refractivity contribution in [2.75, 3.05) is 0 Å². The first kappa shape index (κ1) is 8.75. The van der Waals surface area contributed by atoms with Crippen LogP contribution < -0.4 is 0 Å². The Bertz CT molecular complexity index is 167. The zero-order valence-electron chi connectivity index (χ0n) is 5.81. The third-order valence-corrected chi connectivity index (χ3v) is 1.83. The van der Waals surface area contributed by atoms with E-state index in [1.807, 2.05) is 0 Å². The molecular weight excluding hydrogens is 147 g/mol. The maximum absolute atomic E-state index is 3.50. The number of allylic oxidation sites excluding steroid dienone is 1. The summed E-state index contributed by atoms with van der Waals surface area (Å²) in [7, 11) is 0. The van der Waals surface area contributed by atoms with E-state index >= 15 is 0 Å². The zero-order chi connectivity index (χ0) is 7.28. The van der Waals surface area contributed by atoms with Crippen LogP contribution in [0.5, 0.6) is 0 Å². The maximum atomic E-state index is 3.50. The van der Waals surface area contributed by atoms with E-state index in [2.05, 4.69) is 49.2 Å². The van der Waals surface area contributed by atoms with Gasteiger partial charge in [-0.3, -0.25) is 0 Å². The molecule has 0 aromatic heterocycles. The molecule has 0 saturated carbocycles. The molecule has 0 aliphatic carbocycles. The molecule has 0 aliphatic rings. The van der Waals surface area contributed by atoms with Crippen molar-refractivity contribution in [3.05, 3.63) is 12.7 Å². The predicted molar refractivity (Wildman–Crippen MR) is 37.8 cm³/mol. The van der Waals surface area contributed by atoms with Crippen molar-refractivity contribution in [3.63, 3.8) is 0 Å². The summed E-state index contributed by atoms with van der Waals surface area (Å²) in [6.45, 7) is 7.73. The van der Waals surface area contributed by atoms with Crippen molar-refractivity contribution < 1.29 is 17.0 Å². The van der Waals surface area contributed by atoms with Crippen LogP contribution >= 0.6 is 0 Å². The Balaban J connectivity index is 3.91. The molecule has 0 nitrogen and oxygen atoms in total. The minimum absolute atomic E-state index is 0.539. The molecule has 0 heterocycles. The van der Waals surface area contributed by atoms with Gasteiger partial charge in [0.15, 0.2) is 0 Å². The molecule has 0 N–H and O–H groups in total. The first-order chi connectivity index (χ1) is 4.18. The van der Waals surface area contributed by atoms with E-state index < -0.39 is 0 Å². The molecule has 0 unspecified atom stereocenters. The fraction of sp³-hybridized carbons (Fsp3) is 0.375. The van der Waals surface area contributed by atoms with Crippen molar-refractivity contribution in [2.24, 2.45) is 5.92 Å². The molecule has 0 aromatic rings. The van der Waals surface area contributed by atoms with Crippen LogP contribution in [0.15, 0.2) is 12.7 Å². The summed E-state index contributed by atoms with van der Waals surface area (Å²) in [6.07, 6.45) is 1.61. The summed E-state index contributed by atoms with van der Waals surface area (Å²) >= 11 is 2.47. The van der Waals surface area contributed by atoms with E-state index in [4.69, 9.17) is 0 Å². The topological polar surface area (TPSA) is 0 Å². The summed E-state index contributed by atoms with van der Waals surface area (Å²) in [5.74, 6) is 6.28. The average Bonchev–Trinajstić information content (AvgIpc) is 1.82. The SMILES string of the molecule is C=CC#C[C](=[V])C(C)C. The van der Waals surface area contributed by atoms with Gasteiger partial charge in [-0.05, 0) is 0 Å². The van der Waals surface area contributed by atoms with Gasteiger partial charge in [-0.1, -0.05) is 0 Å². The van der Waals surface area contributed by atoms with E-state index in [9.17, 15) is 0 Å². The van der Waals surface area contributed by atoms with E-state index in [0.717, 1.165) is 4.23 Å². The second-order valence-electron chi connectivity index (χ2n) is 2.01. The first-order valence-electron chi connectivity index (χ1n) is 2.86. The summed E-state index contributed by atoms with van der Waals surface area (Å²) in [5.41, 5.74) is 0. The standard InChI is InChI=1S/C8H10.V/c1-4-5-6-7-8(2)3;/h4,8H,1H2,2-3H3;. The third-order valence-electron chi connectivity index (χ3n) is 0.849. The minimum atomic E-state index is 0.539. The molecular formula is C8H10V. The van der Waals surface area contributed by atoms with Crippen LogP contribution in [-0.4, -0.2) is 4.23 Å². The van der Waals surface area contributed by atoms with Gasteiger partial charge >= 0.3 is 65.5 Å².